The van der Waals surface area contributed by atoms with Gasteiger partial charge in [-0.25, -0.2) is 0 Å². The van der Waals surface area contributed by atoms with Crippen LogP contribution in [0, 0.1) is 0 Å². The number of para-hydroxylation sites is 2. The first kappa shape index (κ1) is 24.5. The van der Waals surface area contributed by atoms with Gasteiger partial charge in [0.2, 0.25) is 0 Å². The lowest BCUT2D eigenvalue weighted by molar-refractivity contribution is 0.0746. The second kappa shape index (κ2) is 11.2. The molecule has 1 saturated heterocycles. The number of rotatable bonds is 8. The molecule has 1 heterocycles. The molecule has 1 aliphatic rings. The number of piperazine rings is 1. The number of methoxy groups -OCH3 is 1. The summed E-state index contributed by atoms with van der Waals surface area (Å²) in [5, 5.41) is 2.30. The van der Waals surface area contributed by atoms with Gasteiger partial charge in [0.15, 0.2) is 0 Å². The zero-order chi connectivity index (χ0) is 25.6. The molecular weight excluding hydrogens is 464 g/mol. The van der Waals surface area contributed by atoms with Gasteiger partial charge in [-0.3, -0.25) is 4.79 Å². The van der Waals surface area contributed by atoms with Gasteiger partial charge in [-0.2, -0.15) is 0 Å². The van der Waals surface area contributed by atoms with Gasteiger partial charge in [-0.05, 0) is 60.2 Å². The highest BCUT2D eigenvalue weighted by Crippen LogP contribution is 2.29. The van der Waals surface area contributed by atoms with Crippen molar-refractivity contribution in [1.29, 1.82) is 0 Å². The highest BCUT2D eigenvalue weighted by Gasteiger charge is 2.24. The van der Waals surface area contributed by atoms with E-state index in [2.05, 4.69) is 29.2 Å². The van der Waals surface area contributed by atoms with Gasteiger partial charge >= 0.3 is 0 Å². The van der Waals surface area contributed by atoms with Crippen LogP contribution < -0.4 is 19.1 Å². The van der Waals surface area contributed by atoms with Gasteiger partial charge < -0.3 is 24.0 Å². The second-order valence-electron chi connectivity index (χ2n) is 9.00. The van der Waals surface area contributed by atoms with Crippen LogP contribution in [0.4, 0.5) is 5.69 Å². The smallest absolute Gasteiger partial charge is 0.253 e. The van der Waals surface area contributed by atoms with Crippen molar-refractivity contribution in [3.8, 4) is 17.2 Å². The average molecular weight is 497 g/mol. The van der Waals surface area contributed by atoms with Crippen molar-refractivity contribution in [3.63, 3.8) is 0 Å². The third kappa shape index (κ3) is 5.48. The first-order chi connectivity index (χ1) is 18.2. The number of benzene rings is 4. The molecule has 0 aromatic heterocycles. The fourth-order valence-corrected chi connectivity index (χ4v) is 4.76. The summed E-state index contributed by atoms with van der Waals surface area (Å²) in [4.78, 5) is 17.6. The third-order valence-electron chi connectivity index (χ3n) is 6.72. The van der Waals surface area contributed by atoms with Crippen LogP contribution in [-0.4, -0.2) is 50.7 Å². The Hall–Kier alpha value is -4.19. The van der Waals surface area contributed by atoms with Crippen molar-refractivity contribution in [2.45, 2.75) is 13.5 Å². The minimum absolute atomic E-state index is 0.0229. The lowest BCUT2D eigenvalue weighted by atomic mass is 10.1. The Morgan fingerprint density at radius 3 is 2.32 bits per heavy atom. The molecule has 6 heteroatoms. The summed E-state index contributed by atoms with van der Waals surface area (Å²) in [6.07, 6.45) is 0. The van der Waals surface area contributed by atoms with E-state index >= 15 is 0 Å². The summed E-state index contributed by atoms with van der Waals surface area (Å²) in [5.41, 5.74) is 2.56. The minimum atomic E-state index is 0.0229. The maximum Gasteiger partial charge on any atom is 0.253 e. The highest BCUT2D eigenvalue weighted by molar-refractivity contribution is 5.95. The van der Waals surface area contributed by atoms with E-state index in [1.807, 2.05) is 72.5 Å². The molecule has 0 N–H and O–H groups in total. The van der Waals surface area contributed by atoms with Gasteiger partial charge in [-0.1, -0.05) is 42.5 Å². The summed E-state index contributed by atoms with van der Waals surface area (Å²) in [6, 6.07) is 27.9. The van der Waals surface area contributed by atoms with E-state index in [-0.39, 0.29) is 5.91 Å². The van der Waals surface area contributed by atoms with Crippen molar-refractivity contribution in [2.75, 3.05) is 44.8 Å². The molecule has 0 saturated carbocycles. The van der Waals surface area contributed by atoms with Crippen molar-refractivity contribution >= 4 is 22.4 Å². The van der Waals surface area contributed by atoms with E-state index in [0.717, 1.165) is 47.0 Å². The number of fused-ring (bicyclic) bond motifs is 1. The highest BCUT2D eigenvalue weighted by atomic mass is 16.5. The summed E-state index contributed by atoms with van der Waals surface area (Å²) in [5.74, 6) is 2.39. The Bertz CT molecular complexity index is 1380. The summed E-state index contributed by atoms with van der Waals surface area (Å²) in [7, 11) is 1.69. The molecule has 190 valence electrons. The number of amides is 1. The molecule has 0 spiro atoms. The number of hydrogen-bond donors (Lipinski definition) is 0. The van der Waals surface area contributed by atoms with Crippen LogP contribution in [0.3, 0.4) is 0 Å². The Kier molecular flexibility index (Phi) is 7.45. The molecule has 5 rings (SSSR count). The van der Waals surface area contributed by atoms with Crippen LogP contribution in [0.1, 0.15) is 22.8 Å². The quantitative estimate of drug-likeness (QED) is 0.309. The number of anilines is 1. The number of hydrogen-bond acceptors (Lipinski definition) is 5. The number of carbonyl (C=O) groups excluding carboxylic acids is 1. The van der Waals surface area contributed by atoms with Crippen molar-refractivity contribution < 1.29 is 19.0 Å². The maximum atomic E-state index is 13.4. The van der Waals surface area contributed by atoms with Gasteiger partial charge in [0.05, 0.1) is 19.4 Å². The lowest BCUT2D eigenvalue weighted by Gasteiger charge is -2.36. The molecule has 37 heavy (non-hydrogen) atoms. The molecule has 0 unspecified atom stereocenters. The number of ether oxygens (including phenoxy) is 3. The van der Waals surface area contributed by atoms with E-state index in [0.29, 0.717) is 31.9 Å². The normalized spacial score (nSPS) is 13.5. The fourth-order valence-electron chi connectivity index (χ4n) is 4.76. The molecule has 0 radical (unpaired) electrons. The Morgan fingerprint density at radius 2 is 1.54 bits per heavy atom. The zero-order valence-electron chi connectivity index (χ0n) is 21.4. The van der Waals surface area contributed by atoms with E-state index in [1.54, 1.807) is 7.11 Å². The first-order valence-corrected chi connectivity index (χ1v) is 12.7. The monoisotopic (exact) mass is 496 g/mol. The van der Waals surface area contributed by atoms with Crippen LogP contribution in [-0.2, 0) is 6.61 Å². The largest absolute Gasteiger partial charge is 0.495 e. The Labute approximate surface area is 218 Å². The van der Waals surface area contributed by atoms with Crippen LogP contribution in [0.15, 0.2) is 84.9 Å². The number of nitrogens with zero attached hydrogens (tertiary/aromatic N) is 2. The lowest BCUT2D eigenvalue weighted by Crippen LogP contribution is -2.48. The Balaban J connectivity index is 1.28. The van der Waals surface area contributed by atoms with E-state index in [9.17, 15) is 4.79 Å². The molecule has 1 aliphatic heterocycles. The van der Waals surface area contributed by atoms with Crippen LogP contribution in [0.2, 0.25) is 0 Å². The molecule has 0 atom stereocenters. The molecule has 4 aromatic rings. The summed E-state index contributed by atoms with van der Waals surface area (Å²) in [6.45, 7) is 5.61. The van der Waals surface area contributed by atoms with Gasteiger partial charge in [0.1, 0.15) is 23.9 Å². The first-order valence-electron chi connectivity index (χ1n) is 12.7. The second-order valence-corrected chi connectivity index (χ2v) is 9.00. The van der Waals surface area contributed by atoms with Crippen molar-refractivity contribution in [1.82, 2.24) is 4.90 Å². The van der Waals surface area contributed by atoms with Crippen LogP contribution >= 0.6 is 0 Å². The average Bonchev–Trinajstić information content (AvgIpc) is 2.96. The van der Waals surface area contributed by atoms with Crippen LogP contribution in [0.5, 0.6) is 17.2 Å². The molecule has 1 amide bonds. The van der Waals surface area contributed by atoms with Gasteiger partial charge in [-0.15, -0.1) is 0 Å². The topological polar surface area (TPSA) is 51.2 Å². The SMILES string of the molecule is CCOc1ccc(C(=O)N2CCN(c3ccccc3OC)CC2)cc1COc1ccc2ccccc2c1. The predicted octanol–water partition coefficient (Wildman–Crippen LogP) is 5.79. The molecule has 0 aliphatic carbocycles. The number of carbonyl (C=O) groups is 1. The molecule has 1 fully saturated rings. The molecule has 6 nitrogen and oxygen atoms in total. The third-order valence-corrected chi connectivity index (χ3v) is 6.72. The van der Waals surface area contributed by atoms with Crippen molar-refractivity contribution in [2.24, 2.45) is 0 Å². The predicted molar refractivity (Wildman–Crippen MR) is 147 cm³/mol. The van der Waals surface area contributed by atoms with Gasteiger partial charge in [0, 0.05) is 37.3 Å². The van der Waals surface area contributed by atoms with E-state index in [1.165, 1.54) is 5.39 Å². The van der Waals surface area contributed by atoms with Gasteiger partial charge in [0.25, 0.3) is 5.91 Å². The standard InChI is InChI=1S/C31H32N2O4/c1-3-36-29-15-13-25(20-26(29)22-37-27-14-12-23-8-4-5-9-24(23)21-27)31(34)33-18-16-32(17-19-33)28-10-6-7-11-30(28)35-2/h4-15,20-21H,3,16-19,22H2,1-2H3. The Morgan fingerprint density at radius 1 is 0.784 bits per heavy atom. The molecule has 4 aromatic carbocycles. The maximum absolute atomic E-state index is 13.4. The fraction of sp³-hybridized carbons (Fsp3) is 0.258. The zero-order valence-corrected chi connectivity index (χ0v) is 21.4. The van der Waals surface area contributed by atoms with E-state index < -0.39 is 0 Å². The summed E-state index contributed by atoms with van der Waals surface area (Å²) < 4.78 is 17.5. The summed E-state index contributed by atoms with van der Waals surface area (Å²) >= 11 is 0. The minimum Gasteiger partial charge on any atom is -0.495 e. The molecule has 0 bridgehead atoms. The van der Waals surface area contributed by atoms with E-state index in [4.69, 9.17) is 14.2 Å². The molecular formula is C31H32N2O4. The van der Waals surface area contributed by atoms with Crippen molar-refractivity contribution in [3.05, 3.63) is 96.1 Å². The van der Waals surface area contributed by atoms with Crippen LogP contribution in [0.25, 0.3) is 10.8 Å².